The van der Waals surface area contributed by atoms with Crippen LogP contribution in [-0.2, 0) is 32.9 Å². The highest BCUT2D eigenvalue weighted by Gasteiger charge is 2.42. The Bertz CT molecular complexity index is 872. The molecule has 0 aliphatic carbocycles. The molecule has 0 radical (unpaired) electrons. The van der Waals surface area contributed by atoms with Crippen molar-refractivity contribution in [3.8, 4) is 0 Å². The molecule has 0 saturated carbocycles. The van der Waals surface area contributed by atoms with Crippen LogP contribution in [0.5, 0.6) is 0 Å². The Kier molecular flexibility index (Phi) is 7.22. The number of likely N-dealkylation sites (tertiary alicyclic amines) is 1. The summed E-state index contributed by atoms with van der Waals surface area (Å²) < 4.78 is 6.23. The van der Waals surface area contributed by atoms with Gasteiger partial charge in [-0.1, -0.05) is 6.92 Å². The average Bonchev–Trinajstić information content (AvgIpc) is 3.43. The third-order valence-electron chi connectivity index (χ3n) is 5.43. The van der Waals surface area contributed by atoms with Crippen LogP contribution >= 0.6 is 11.3 Å². The van der Waals surface area contributed by atoms with Gasteiger partial charge < -0.3 is 25.0 Å². The number of nitrogens with one attached hydrogen (secondary N) is 2. The maximum atomic E-state index is 12.6. The van der Waals surface area contributed by atoms with Crippen LogP contribution in [0.15, 0.2) is 18.5 Å². The molecule has 0 bridgehead atoms. The first-order chi connectivity index (χ1) is 14.5. The monoisotopic (exact) mass is 434 g/mol. The van der Waals surface area contributed by atoms with Gasteiger partial charge in [-0.05, 0) is 24.5 Å². The van der Waals surface area contributed by atoms with Crippen molar-refractivity contribution in [2.45, 2.75) is 44.8 Å². The van der Waals surface area contributed by atoms with Gasteiger partial charge >= 0.3 is 0 Å². The van der Waals surface area contributed by atoms with Gasteiger partial charge in [-0.3, -0.25) is 14.4 Å². The van der Waals surface area contributed by atoms with Gasteiger partial charge in [0.25, 0.3) is 12.4 Å². The van der Waals surface area contributed by atoms with E-state index < -0.39 is 0 Å². The molecule has 1 saturated heterocycles. The van der Waals surface area contributed by atoms with Crippen LogP contribution in [0.3, 0.4) is 0 Å². The molecule has 4 rings (SSSR count). The molecule has 162 valence electrons. The van der Waals surface area contributed by atoms with Gasteiger partial charge in [-0.2, -0.15) is 0 Å². The quantitative estimate of drug-likeness (QED) is 0.632. The summed E-state index contributed by atoms with van der Waals surface area (Å²) in [5, 5.41) is 9.80. The number of aromatic nitrogens is 2. The Morgan fingerprint density at radius 1 is 1.43 bits per heavy atom. The van der Waals surface area contributed by atoms with E-state index in [2.05, 4.69) is 15.3 Å². The number of hydrogen-bond acceptors (Lipinski definition) is 6. The summed E-state index contributed by atoms with van der Waals surface area (Å²) in [7, 11) is 0. The van der Waals surface area contributed by atoms with Crippen LogP contribution < -0.4 is 5.32 Å². The number of ether oxygens (including phenoxy) is 1. The molecule has 0 aromatic carbocycles. The summed E-state index contributed by atoms with van der Waals surface area (Å²) in [6.07, 6.45) is 6.36. The molecule has 2 amide bonds. The van der Waals surface area contributed by atoms with Crippen molar-refractivity contribution in [2.75, 3.05) is 19.7 Å². The molecule has 0 unspecified atom stereocenters. The van der Waals surface area contributed by atoms with E-state index in [0.717, 1.165) is 30.7 Å². The van der Waals surface area contributed by atoms with Crippen LogP contribution in [0.4, 0.5) is 0 Å². The van der Waals surface area contributed by atoms with Gasteiger partial charge in [0.1, 0.15) is 5.82 Å². The molecule has 1 spiro atoms. The molecular formula is C20H26N4O5S. The number of amides is 2. The largest absolute Gasteiger partial charge is 0.483 e. The lowest BCUT2D eigenvalue weighted by molar-refractivity contribution is -0.140. The third-order valence-corrected chi connectivity index (χ3v) is 6.62. The van der Waals surface area contributed by atoms with Crippen molar-refractivity contribution in [3.05, 3.63) is 39.6 Å². The fourth-order valence-corrected chi connectivity index (χ4v) is 5.08. The molecule has 10 heteroatoms. The molecule has 1 fully saturated rings. The molecule has 30 heavy (non-hydrogen) atoms. The topological polar surface area (TPSA) is 125 Å². The molecule has 9 nitrogen and oxygen atoms in total. The summed E-state index contributed by atoms with van der Waals surface area (Å²) in [6, 6.07) is 1.99. The summed E-state index contributed by atoms with van der Waals surface area (Å²) in [6.45, 7) is 4.12. The normalized spacial score (nSPS) is 16.9. The highest BCUT2D eigenvalue weighted by atomic mass is 32.1. The molecule has 4 heterocycles. The molecular weight excluding hydrogens is 408 g/mol. The van der Waals surface area contributed by atoms with Gasteiger partial charge in [0, 0.05) is 43.2 Å². The van der Waals surface area contributed by atoms with Crippen molar-refractivity contribution in [1.29, 1.82) is 0 Å². The number of carbonyl (C=O) groups excluding carboxylic acids is 2. The number of carbonyl (C=O) groups is 3. The SMILES string of the molecule is CCC(=O)N1CCC2(CC1)OCCc1sc(C(=O)NCc3ncc[nH]3)cc12.O=CO. The lowest BCUT2D eigenvalue weighted by atomic mass is 9.82. The van der Waals surface area contributed by atoms with E-state index in [-0.39, 0.29) is 23.9 Å². The first-order valence-electron chi connectivity index (χ1n) is 9.92. The minimum atomic E-state index is -0.353. The molecule has 2 aromatic heterocycles. The average molecular weight is 435 g/mol. The van der Waals surface area contributed by atoms with Gasteiger partial charge in [0.2, 0.25) is 5.91 Å². The number of nitrogens with zero attached hydrogens (tertiary/aromatic N) is 2. The zero-order valence-corrected chi connectivity index (χ0v) is 17.7. The van der Waals surface area contributed by atoms with Crippen molar-refractivity contribution in [2.24, 2.45) is 0 Å². The van der Waals surface area contributed by atoms with Crippen LogP contribution in [0.2, 0.25) is 0 Å². The zero-order valence-electron chi connectivity index (χ0n) is 16.8. The van der Waals surface area contributed by atoms with Crippen molar-refractivity contribution >= 4 is 29.6 Å². The first kappa shape index (κ1) is 22.0. The van der Waals surface area contributed by atoms with E-state index in [1.54, 1.807) is 23.7 Å². The Morgan fingerprint density at radius 2 is 2.17 bits per heavy atom. The van der Waals surface area contributed by atoms with E-state index in [0.29, 0.717) is 37.5 Å². The van der Waals surface area contributed by atoms with E-state index in [1.807, 2.05) is 17.9 Å². The number of rotatable bonds is 4. The second-order valence-electron chi connectivity index (χ2n) is 7.10. The second kappa shape index (κ2) is 9.86. The minimum absolute atomic E-state index is 0.0838. The Morgan fingerprint density at radius 3 is 2.80 bits per heavy atom. The summed E-state index contributed by atoms with van der Waals surface area (Å²) in [5.74, 6) is 0.848. The predicted octanol–water partition coefficient (Wildman–Crippen LogP) is 1.90. The van der Waals surface area contributed by atoms with Gasteiger partial charge in [0.05, 0.1) is 23.6 Å². The smallest absolute Gasteiger partial charge is 0.290 e. The van der Waals surface area contributed by atoms with Gasteiger partial charge in [0.15, 0.2) is 0 Å². The van der Waals surface area contributed by atoms with Crippen LogP contribution in [-0.4, -0.2) is 58.0 Å². The van der Waals surface area contributed by atoms with Gasteiger partial charge in [-0.15, -0.1) is 11.3 Å². The fraction of sp³-hybridized carbons (Fsp3) is 0.500. The Balaban J connectivity index is 0.000000806. The van der Waals surface area contributed by atoms with Crippen LogP contribution in [0.25, 0.3) is 0 Å². The van der Waals surface area contributed by atoms with Crippen molar-refractivity contribution in [3.63, 3.8) is 0 Å². The second-order valence-corrected chi connectivity index (χ2v) is 8.24. The van der Waals surface area contributed by atoms with E-state index in [9.17, 15) is 9.59 Å². The Hall–Kier alpha value is -2.72. The highest BCUT2D eigenvalue weighted by Crippen LogP contribution is 2.44. The zero-order chi connectivity index (χ0) is 21.6. The van der Waals surface area contributed by atoms with E-state index in [4.69, 9.17) is 14.6 Å². The number of imidazole rings is 1. The lowest BCUT2D eigenvalue weighted by Gasteiger charge is -2.44. The number of thiophene rings is 1. The third kappa shape index (κ3) is 4.71. The predicted molar refractivity (Wildman–Crippen MR) is 110 cm³/mol. The van der Waals surface area contributed by atoms with E-state index in [1.165, 1.54) is 4.88 Å². The fourth-order valence-electron chi connectivity index (χ4n) is 3.93. The standard InChI is InChI=1S/C19H24N4O3S.CH2O2/c1-2-17(24)23-8-4-19(5-9-23)13-11-15(27-14(13)3-10-26-19)18(25)22-12-16-20-6-7-21-16;2-1-3/h6-7,11H,2-5,8-10,12H2,1H3,(H,20,21)(H,22,25);1H,(H,2,3). The van der Waals surface area contributed by atoms with Crippen molar-refractivity contribution in [1.82, 2.24) is 20.2 Å². The number of aromatic amines is 1. The number of hydrogen-bond donors (Lipinski definition) is 3. The maximum Gasteiger partial charge on any atom is 0.290 e. The van der Waals surface area contributed by atoms with Crippen LogP contribution in [0.1, 0.15) is 52.1 Å². The highest BCUT2D eigenvalue weighted by molar-refractivity contribution is 7.14. The summed E-state index contributed by atoms with van der Waals surface area (Å²) in [5.41, 5.74) is 0.791. The van der Waals surface area contributed by atoms with E-state index >= 15 is 0 Å². The summed E-state index contributed by atoms with van der Waals surface area (Å²) >= 11 is 1.56. The number of carboxylic acid groups (broad SMARTS) is 1. The number of piperidine rings is 1. The van der Waals surface area contributed by atoms with Crippen LogP contribution in [0, 0.1) is 0 Å². The Labute approximate surface area is 178 Å². The maximum absolute atomic E-state index is 12.6. The molecule has 0 atom stereocenters. The number of H-pyrrole nitrogens is 1. The molecule has 2 aliphatic heterocycles. The molecule has 2 aliphatic rings. The molecule has 2 aromatic rings. The first-order valence-corrected chi connectivity index (χ1v) is 10.7. The minimum Gasteiger partial charge on any atom is -0.483 e. The van der Waals surface area contributed by atoms with Gasteiger partial charge in [-0.25, -0.2) is 4.98 Å². The van der Waals surface area contributed by atoms with Crippen molar-refractivity contribution < 1.29 is 24.2 Å². The lowest BCUT2D eigenvalue weighted by Crippen LogP contribution is -2.47. The molecule has 3 N–H and O–H groups in total. The number of fused-ring (bicyclic) bond motifs is 2. The summed E-state index contributed by atoms with van der Waals surface area (Å²) in [4.78, 5) is 43.9.